The van der Waals surface area contributed by atoms with Gasteiger partial charge in [-0.2, -0.15) is 0 Å². The zero-order valence-corrected chi connectivity index (χ0v) is 19.9. The Bertz CT molecular complexity index is 1390. The molecule has 4 aromatic carbocycles. The van der Waals surface area contributed by atoms with Gasteiger partial charge in [0.15, 0.2) is 23.3 Å². The molecule has 0 saturated carbocycles. The van der Waals surface area contributed by atoms with Gasteiger partial charge in [0.25, 0.3) is 0 Å². The summed E-state index contributed by atoms with van der Waals surface area (Å²) in [6.07, 6.45) is 1.83. The minimum Gasteiger partial charge on any atom is -0.423 e. The summed E-state index contributed by atoms with van der Waals surface area (Å²) in [6.45, 7) is 3.85. The average molecular weight is 493 g/mol. The first-order valence-corrected chi connectivity index (χ1v) is 11.7. The van der Waals surface area contributed by atoms with E-state index in [0.29, 0.717) is 24.0 Å². The van der Waals surface area contributed by atoms with E-state index >= 15 is 0 Å². The number of halogens is 4. The maximum atomic E-state index is 14.9. The van der Waals surface area contributed by atoms with E-state index in [2.05, 4.69) is 0 Å². The van der Waals surface area contributed by atoms with Crippen molar-refractivity contribution in [2.24, 2.45) is 0 Å². The number of carbonyl (C=O) groups excluding carboxylic acids is 1. The van der Waals surface area contributed by atoms with Crippen LogP contribution >= 0.6 is 0 Å². The van der Waals surface area contributed by atoms with Gasteiger partial charge in [-0.15, -0.1) is 0 Å². The summed E-state index contributed by atoms with van der Waals surface area (Å²) in [5, 5.41) is 0. The van der Waals surface area contributed by atoms with Crippen LogP contribution in [0, 0.1) is 23.3 Å². The molecule has 0 aliphatic heterocycles. The van der Waals surface area contributed by atoms with Crippen LogP contribution < -0.4 is 4.74 Å². The molecule has 4 aromatic rings. The minimum absolute atomic E-state index is 0.0407. The predicted octanol–water partition coefficient (Wildman–Crippen LogP) is 8.31. The topological polar surface area (TPSA) is 26.3 Å². The smallest absolute Gasteiger partial charge is 0.346 e. The van der Waals surface area contributed by atoms with Crippen molar-refractivity contribution < 1.29 is 27.1 Å². The van der Waals surface area contributed by atoms with Crippen LogP contribution in [0.1, 0.15) is 41.8 Å². The van der Waals surface area contributed by atoms with E-state index in [0.717, 1.165) is 12.0 Å². The van der Waals surface area contributed by atoms with Crippen LogP contribution in [0.2, 0.25) is 0 Å². The summed E-state index contributed by atoms with van der Waals surface area (Å²) < 4.78 is 63.5. The number of hydrogen-bond acceptors (Lipinski definition) is 2. The van der Waals surface area contributed by atoms with Crippen LogP contribution in [0.3, 0.4) is 0 Å². The second-order valence-electron chi connectivity index (χ2n) is 8.40. The van der Waals surface area contributed by atoms with E-state index < -0.39 is 34.8 Å². The van der Waals surface area contributed by atoms with E-state index in [4.69, 9.17) is 4.74 Å². The lowest BCUT2D eigenvalue weighted by atomic mass is 9.98. The third kappa shape index (κ3) is 5.03. The number of ether oxygens (including phenoxy) is 1. The number of benzene rings is 4. The van der Waals surface area contributed by atoms with Crippen LogP contribution in [-0.2, 0) is 12.8 Å². The van der Waals surface area contributed by atoms with Gasteiger partial charge in [-0.3, -0.25) is 0 Å². The first-order chi connectivity index (χ1) is 17.3. The predicted molar refractivity (Wildman–Crippen MR) is 132 cm³/mol. The molecular weight excluding hydrogens is 468 g/mol. The Morgan fingerprint density at radius 1 is 0.667 bits per heavy atom. The molecule has 4 rings (SSSR count). The highest BCUT2D eigenvalue weighted by Gasteiger charge is 2.21. The van der Waals surface area contributed by atoms with Crippen molar-refractivity contribution in [3.8, 4) is 28.0 Å². The summed E-state index contributed by atoms with van der Waals surface area (Å²) in [5.41, 5.74) is 1.89. The van der Waals surface area contributed by atoms with E-state index in [1.54, 1.807) is 12.1 Å². The molecule has 0 unspecified atom stereocenters. The van der Waals surface area contributed by atoms with Crippen LogP contribution in [-0.4, -0.2) is 5.97 Å². The molecule has 0 N–H and O–H groups in total. The second-order valence-corrected chi connectivity index (χ2v) is 8.40. The van der Waals surface area contributed by atoms with Crippen LogP contribution in [0.4, 0.5) is 17.6 Å². The maximum absolute atomic E-state index is 14.9. The fourth-order valence-corrected chi connectivity index (χ4v) is 3.99. The van der Waals surface area contributed by atoms with E-state index in [9.17, 15) is 22.4 Å². The highest BCUT2D eigenvalue weighted by molar-refractivity contribution is 5.91. The zero-order chi connectivity index (χ0) is 25.8. The van der Waals surface area contributed by atoms with E-state index in [-0.39, 0.29) is 22.4 Å². The largest absolute Gasteiger partial charge is 0.423 e. The SMILES string of the molecule is CCCc1ccc(C(=O)Oc2ccc(-c3ccc(-c4ccc(CC)cc4)c(F)c3F)cc2)c(F)c1F. The Kier molecular flexibility index (Phi) is 7.53. The highest BCUT2D eigenvalue weighted by atomic mass is 19.2. The molecule has 0 aromatic heterocycles. The summed E-state index contributed by atoms with van der Waals surface area (Å²) in [4.78, 5) is 12.4. The van der Waals surface area contributed by atoms with Crippen molar-refractivity contribution in [3.63, 3.8) is 0 Å². The molecular formula is C30H24F4O2. The molecule has 0 aliphatic carbocycles. The van der Waals surface area contributed by atoms with Crippen LogP contribution in [0.25, 0.3) is 22.3 Å². The Labute approximate surface area is 207 Å². The zero-order valence-electron chi connectivity index (χ0n) is 19.9. The molecule has 0 bridgehead atoms. The molecule has 36 heavy (non-hydrogen) atoms. The summed E-state index contributed by atoms with van der Waals surface area (Å²) in [7, 11) is 0. The van der Waals surface area contributed by atoms with Gasteiger partial charge in [0, 0.05) is 11.1 Å². The molecule has 6 heteroatoms. The molecule has 0 saturated heterocycles. The normalized spacial score (nSPS) is 10.9. The van der Waals surface area contributed by atoms with Crippen LogP contribution in [0.5, 0.6) is 5.75 Å². The number of esters is 1. The lowest BCUT2D eigenvalue weighted by molar-refractivity contribution is 0.0728. The van der Waals surface area contributed by atoms with Crippen molar-refractivity contribution in [2.45, 2.75) is 33.1 Å². The number of aryl methyl sites for hydroxylation is 2. The Hall–Kier alpha value is -3.93. The van der Waals surface area contributed by atoms with Crippen molar-refractivity contribution in [2.75, 3.05) is 0 Å². The van der Waals surface area contributed by atoms with Gasteiger partial charge in [-0.05, 0) is 53.3 Å². The van der Waals surface area contributed by atoms with Crippen molar-refractivity contribution in [3.05, 3.63) is 113 Å². The summed E-state index contributed by atoms with van der Waals surface area (Å²) in [6, 6.07) is 18.5. The third-order valence-corrected chi connectivity index (χ3v) is 6.03. The number of rotatable bonds is 7. The Morgan fingerprint density at radius 3 is 1.75 bits per heavy atom. The molecule has 0 fully saturated rings. The second kappa shape index (κ2) is 10.8. The van der Waals surface area contributed by atoms with Crippen molar-refractivity contribution in [1.29, 1.82) is 0 Å². The van der Waals surface area contributed by atoms with Gasteiger partial charge in [0.1, 0.15) is 5.75 Å². The summed E-state index contributed by atoms with van der Waals surface area (Å²) >= 11 is 0. The monoisotopic (exact) mass is 492 g/mol. The molecule has 0 heterocycles. The van der Waals surface area contributed by atoms with Gasteiger partial charge in [-0.1, -0.05) is 74.9 Å². The molecule has 0 radical (unpaired) electrons. The Morgan fingerprint density at radius 2 is 1.22 bits per heavy atom. The summed E-state index contributed by atoms with van der Waals surface area (Å²) in [5.74, 6) is -5.29. The lowest BCUT2D eigenvalue weighted by Crippen LogP contribution is -2.12. The molecule has 0 aliphatic rings. The first kappa shape index (κ1) is 25.2. The maximum Gasteiger partial charge on any atom is 0.346 e. The quantitative estimate of drug-likeness (QED) is 0.147. The number of carbonyl (C=O) groups is 1. The van der Waals surface area contributed by atoms with Gasteiger partial charge < -0.3 is 4.74 Å². The lowest BCUT2D eigenvalue weighted by Gasteiger charge is -2.11. The Balaban J connectivity index is 1.54. The third-order valence-electron chi connectivity index (χ3n) is 6.03. The fraction of sp³-hybridized carbons (Fsp3) is 0.167. The van der Waals surface area contributed by atoms with Crippen LogP contribution in [0.15, 0.2) is 72.8 Å². The minimum atomic E-state index is -1.26. The van der Waals surface area contributed by atoms with Crippen molar-refractivity contribution in [1.82, 2.24) is 0 Å². The fourth-order valence-electron chi connectivity index (χ4n) is 3.99. The average Bonchev–Trinajstić information content (AvgIpc) is 2.89. The van der Waals surface area contributed by atoms with E-state index in [1.807, 2.05) is 26.0 Å². The highest BCUT2D eigenvalue weighted by Crippen LogP contribution is 2.32. The first-order valence-electron chi connectivity index (χ1n) is 11.7. The van der Waals surface area contributed by atoms with Gasteiger partial charge in [0.2, 0.25) is 0 Å². The molecule has 0 amide bonds. The van der Waals surface area contributed by atoms with E-state index in [1.165, 1.54) is 48.5 Å². The molecule has 0 spiro atoms. The molecule has 2 nitrogen and oxygen atoms in total. The number of hydrogen-bond donors (Lipinski definition) is 0. The van der Waals surface area contributed by atoms with Gasteiger partial charge in [-0.25, -0.2) is 22.4 Å². The van der Waals surface area contributed by atoms with Gasteiger partial charge in [0.05, 0.1) is 5.56 Å². The van der Waals surface area contributed by atoms with Gasteiger partial charge >= 0.3 is 5.97 Å². The molecule has 184 valence electrons. The van der Waals surface area contributed by atoms with Crippen molar-refractivity contribution >= 4 is 5.97 Å². The molecule has 0 atom stereocenters. The standard InChI is InChI=1S/C30H24F4O2/c1-3-5-21-12-15-25(29(34)26(21)31)30(35)36-22-13-10-20(11-14-22)24-17-16-23(27(32)28(24)33)19-8-6-18(4-2)7-9-19/h6-17H,3-5H2,1-2H3.